The second kappa shape index (κ2) is 5.02. The van der Waals surface area contributed by atoms with Gasteiger partial charge in [-0.1, -0.05) is 12.8 Å². The van der Waals surface area contributed by atoms with Crippen molar-refractivity contribution in [2.24, 2.45) is 0 Å². The normalized spacial score (nSPS) is 28.9. The predicted molar refractivity (Wildman–Crippen MR) is 64.8 cm³/mol. The Labute approximate surface area is 98.4 Å². The van der Waals surface area contributed by atoms with Crippen LogP contribution in [0.3, 0.4) is 0 Å². The van der Waals surface area contributed by atoms with E-state index in [9.17, 15) is 8.42 Å². The SMILES string of the molecule is CS(=O)(=O)N1CCC[C@@H]1CNC1CCCC1. The van der Waals surface area contributed by atoms with Crippen molar-refractivity contribution in [1.29, 1.82) is 0 Å². The van der Waals surface area contributed by atoms with Gasteiger partial charge in [-0.3, -0.25) is 0 Å². The third-order valence-electron chi connectivity index (χ3n) is 3.75. The van der Waals surface area contributed by atoms with Crippen LogP contribution in [0, 0.1) is 0 Å². The second-order valence-corrected chi connectivity index (χ2v) is 6.99. The molecule has 0 radical (unpaired) electrons. The predicted octanol–water partition coefficient (Wildman–Crippen LogP) is 0.943. The Bertz CT molecular complexity index is 323. The van der Waals surface area contributed by atoms with Gasteiger partial charge >= 0.3 is 0 Å². The zero-order valence-corrected chi connectivity index (χ0v) is 10.8. The van der Waals surface area contributed by atoms with E-state index in [-0.39, 0.29) is 6.04 Å². The number of nitrogens with zero attached hydrogens (tertiary/aromatic N) is 1. The maximum Gasteiger partial charge on any atom is 0.211 e. The molecular weight excluding hydrogens is 224 g/mol. The van der Waals surface area contributed by atoms with Gasteiger partial charge < -0.3 is 5.32 Å². The molecule has 0 aromatic carbocycles. The Balaban J connectivity index is 1.84. The molecule has 1 heterocycles. The first kappa shape index (κ1) is 12.3. The van der Waals surface area contributed by atoms with Crippen LogP contribution in [0.2, 0.25) is 0 Å². The smallest absolute Gasteiger partial charge is 0.211 e. The molecule has 5 heteroatoms. The summed E-state index contributed by atoms with van der Waals surface area (Å²) in [6, 6.07) is 0.817. The fourth-order valence-corrected chi connectivity index (χ4v) is 4.06. The lowest BCUT2D eigenvalue weighted by Crippen LogP contribution is -2.43. The van der Waals surface area contributed by atoms with E-state index in [2.05, 4.69) is 5.32 Å². The molecule has 94 valence electrons. The first-order valence-electron chi connectivity index (χ1n) is 6.27. The highest BCUT2D eigenvalue weighted by Gasteiger charge is 2.31. The van der Waals surface area contributed by atoms with Crippen LogP contribution in [0.25, 0.3) is 0 Å². The Kier molecular flexibility index (Phi) is 3.87. The van der Waals surface area contributed by atoms with Crippen LogP contribution in [-0.4, -0.2) is 44.2 Å². The van der Waals surface area contributed by atoms with Crippen molar-refractivity contribution in [2.75, 3.05) is 19.3 Å². The fraction of sp³-hybridized carbons (Fsp3) is 1.00. The maximum atomic E-state index is 11.5. The molecule has 2 rings (SSSR count). The van der Waals surface area contributed by atoms with Crippen molar-refractivity contribution in [3.8, 4) is 0 Å². The molecule has 1 atom stereocenters. The standard InChI is InChI=1S/C11H22N2O2S/c1-16(14,15)13-8-4-7-11(13)9-12-10-5-2-3-6-10/h10-12H,2-9H2,1H3/t11-/m1/s1. The molecule has 2 fully saturated rings. The average Bonchev–Trinajstić information content (AvgIpc) is 2.85. The van der Waals surface area contributed by atoms with Crippen molar-refractivity contribution in [2.45, 2.75) is 50.6 Å². The van der Waals surface area contributed by atoms with E-state index in [1.807, 2.05) is 0 Å². The van der Waals surface area contributed by atoms with E-state index in [4.69, 9.17) is 0 Å². The maximum absolute atomic E-state index is 11.5. The molecule has 16 heavy (non-hydrogen) atoms. The van der Waals surface area contributed by atoms with Crippen LogP contribution in [0.1, 0.15) is 38.5 Å². The van der Waals surface area contributed by atoms with Gasteiger partial charge in [-0.15, -0.1) is 0 Å². The van der Waals surface area contributed by atoms with Crippen LogP contribution < -0.4 is 5.32 Å². The minimum Gasteiger partial charge on any atom is -0.312 e. The largest absolute Gasteiger partial charge is 0.312 e. The highest BCUT2D eigenvalue weighted by Crippen LogP contribution is 2.21. The molecule has 0 aromatic heterocycles. The quantitative estimate of drug-likeness (QED) is 0.803. The fourth-order valence-electron chi connectivity index (χ4n) is 2.88. The van der Waals surface area contributed by atoms with Gasteiger partial charge in [0.05, 0.1) is 6.26 Å². The minimum atomic E-state index is -3.00. The molecule has 1 saturated heterocycles. The number of hydrogen-bond acceptors (Lipinski definition) is 3. The van der Waals surface area contributed by atoms with Gasteiger partial charge in [0, 0.05) is 25.2 Å². The minimum absolute atomic E-state index is 0.190. The van der Waals surface area contributed by atoms with E-state index >= 15 is 0 Å². The molecule has 0 unspecified atom stereocenters. The summed E-state index contributed by atoms with van der Waals surface area (Å²) in [5.41, 5.74) is 0. The molecule has 4 nitrogen and oxygen atoms in total. The molecule has 0 bridgehead atoms. The number of hydrogen-bond donors (Lipinski definition) is 1. The number of rotatable bonds is 4. The van der Waals surface area contributed by atoms with E-state index in [0.717, 1.165) is 19.4 Å². The van der Waals surface area contributed by atoms with Gasteiger partial charge in [0.1, 0.15) is 0 Å². The molecule has 1 N–H and O–H groups in total. The average molecular weight is 246 g/mol. The van der Waals surface area contributed by atoms with Crippen LogP contribution in [0.5, 0.6) is 0 Å². The highest BCUT2D eigenvalue weighted by atomic mass is 32.2. The van der Waals surface area contributed by atoms with Crippen LogP contribution in [0.4, 0.5) is 0 Å². The Hall–Kier alpha value is -0.130. The van der Waals surface area contributed by atoms with Crippen molar-refractivity contribution < 1.29 is 8.42 Å². The zero-order chi connectivity index (χ0) is 11.6. The van der Waals surface area contributed by atoms with Gasteiger partial charge in [0.15, 0.2) is 0 Å². The molecule has 0 amide bonds. The van der Waals surface area contributed by atoms with Crippen LogP contribution in [0.15, 0.2) is 0 Å². The van der Waals surface area contributed by atoms with Gasteiger partial charge in [-0.2, -0.15) is 4.31 Å². The summed E-state index contributed by atoms with van der Waals surface area (Å²) >= 11 is 0. The lowest BCUT2D eigenvalue weighted by Gasteiger charge is -2.24. The summed E-state index contributed by atoms with van der Waals surface area (Å²) in [5.74, 6) is 0. The first-order valence-corrected chi connectivity index (χ1v) is 8.12. The summed E-state index contributed by atoms with van der Waals surface area (Å²) in [5, 5.41) is 3.52. The molecule has 2 aliphatic rings. The third kappa shape index (κ3) is 2.96. The topological polar surface area (TPSA) is 49.4 Å². The first-order chi connectivity index (χ1) is 7.57. The van der Waals surface area contributed by atoms with E-state index in [0.29, 0.717) is 12.6 Å². The Morgan fingerprint density at radius 1 is 1.19 bits per heavy atom. The van der Waals surface area contributed by atoms with Crippen molar-refractivity contribution in [3.63, 3.8) is 0 Å². The number of nitrogens with one attached hydrogen (secondary N) is 1. The third-order valence-corrected chi connectivity index (χ3v) is 5.08. The molecule has 0 aromatic rings. The van der Waals surface area contributed by atoms with E-state index < -0.39 is 10.0 Å². The molecular formula is C11H22N2O2S. The zero-order valence-electron chi connectivity index (χ0n) is 9.98. The van der Waals surface area contributed by atoms with Crippen molar-refractivity contribution in [1.82, 2.24) is 9.62 Å². The Morgan fingerprint density at radius 2 is 1.88 bits per heavy atom. The van der Waals surface area contributed by atoms with E-state index in [1.54, 1.807) is 4.31 Å². The summed E-state index contributed by atoms with van der Waals surface area (Å²) in [7, 11) is -3.00. The lowest BCUT2D eigenvalue weighted by molar-refractivity contribution is 0.358. The monoisotopic (exact) mass is 246 g/mol. The van der Waals surface area contributed by atoms with Gasteiger partial charge in [0.25, 0.3) is 0 Å². The van der Waals surface area contributed by atoms with Crippen LogP contribution in [-0.2, 0) is 10.0 Å². The summed E-state index contributed by atoms with van der Waals surface area (Å²) < 4.78 is 24.7. The lowest BCUT2D eigenvalue weighted by atomic mass is 10.2. The summed E-state index contributed by atoms with van der Waals surface area (Å²) in [4.78, 5) is 0. The second-order valence-electron chi connectivity index (χ2n) is 5.06. The molecule has 1 aliphatic carbocycles. The van der Waals surface area contributed by atoms with Gasteiger partial charge in [0.2, 0.25) is 10.0 Å². The molecule has 1 aliphatic heterocycles. The van der Waals surface area contributed by atoms with Gasteiger partial charge in [-0.25, -0.2) is 8.42 Å². The van der Waals surface area contributed by atoms with E-state index in [1.165, 1.54) is 31.9 Å². The molecule has 0 spiro atoms. The molecule has 1 saturated carbocycles. The van der Waals surface area contributed by atoms with Crippen molar-refractivity contribution in [3.05, 3.63) is 0 Å². The Morgan fingerprint density at radius 3 is 2.50 bits per heavy atom. The van der Waals surface area contributed by atoms with Crippen LogP contribution >= 0.6 is 0 Å². The van der Waals surface area contributed by atoms with Gasteiger partial charge in [-0.05, 0) is 25.7 Å². The number of sulfonamides is 1. The summed E-state index contributed by atoms with van der Waals surface area (Å²) in [6.45, 7) is 1.54. The van der Waals surface area contributed by atoms with Crippen molar-refractivity contribution >= 4 is 10.0 Å². The summed E-state index contributed by atoms with van der Waals surface area (Å²) in [6.07, 6.45) is 8.48. The highest BCUT2D eigenvalue weighted by molar-refractivity contribution is 7.88.